The number of hydrogen-bond acceptors (Lipinski definition) is 5. The first-order valence-electron chi connectivity index (χ1n) is 11.0. The van der Waals surface area contributed by atoms with Crippen LogP contribution in [0.3, 0.4) is 0 Å². The molecule has 2 fully saturated rings. The van der Waals surface area contributed by atoms with Crippen molar-refractivity contribution in [1.82, 2.24) is 20.4 Å². The minimum absolute atomic E-state index is 0.105. The number of likely N-dealkylation sites (tertiary alicyclic amines) is 1. The molecule has 0 aromatic heterocycles. The molecule has 2 amide bonds. The fraction of sp³-hybridized carbons (Fsp3) is 0.609. The van der Waals surface area contributed by atoms with Crippen LogP contribution in [-0.4, -0.2) is 81.0 Å². The molecule has 0 unspecified atom stereocenters. The molecule has 0 atom stereocenters. The summed E-state index contributed by atoms with van der Waals surface area (Å²) in [5, 5.41) is 6.07. The number of urea groups is 1. The second kappa shape index (κ2) is 11.9. The van der Waals surface area contributed by atoms with Crippen molar-refractivity contribution in [2.75, 3.05) is 59.1 Å². The quantitative estimate of drug-likeness (QED) is 0.605. The molecule has 0 radical (unpaired) electrons. The SMILES string of the molecule is C=C(C)CN1CCC(NC(=O)NCc2cccc(OCCN3CCOCC3)c2)CC1. The van der Waals surface area contributed by atoms with E-state index < -0.39 is 0 Å². The molecule has 0 bridgehead atoms. The van der Waals surface area contributed by atoms with Gasteiger partial charge in [-0.05, 0) is 37.5 Å². The van der Waals surface area contributed by atoms with Gasteiger partial charge in [-0.3, -0.25) is 9.80 Å². The van der Waals surface area contributed by atoms with Crippen molar-refractivity contribution in [1.29, 1.82) is 0 Å². The summed E-state index contributed by atoms with van der Waals surface area (Å²) in [5.74, 6) is 0.841. The topological polar surface area (TPSA) is 66.1 Å². The first-order valence-corrected chi connectivity index (χ1v) is 11.0. The summed E-state index contributed by atoms with van der Waals surface area (Å²) in [6, 6.07) is 8.06. The minimum Gasteiger partial charge on any atom is -0.492 e. The number of piperidine rings is 1. The number of hydrogen-bond donors (Lipinski definition) is 2. The Kier molecular flexibility index (Phi) is 8.99. The summed E-state index contributed by atoms with van der Waals surface area (Å²) in [6.07, 6.45) is 1.96. The Morgan fingerprint density at radius 2 is 1.97 bits per heavy atom. The monoisotopic (exact) mass is 416 g/mol. The van der Waals surface area contributed by atoms with Crippen molar-refractivity contribution in [3.8, 4) is 5.75 Å². The van der Waals surface area contributed by atoms with Crippen LogP contribution in [0.15, 0.2) is 36.4 Å². The number of carbonyl (C=O) groups is 1. The standard InChI is InChI=1S/C23H36N4O3/c1-19(2)18-27-8-6-21(7-9-27)25-23(28)24-17-20-4-3-5-22(16-20)30-15-12-26-10-13-29-14-11-26/h3-5,16,21H,1,6-15,17-18H2,2H3,(H2,24,25,28). The smallest absolute Gasteiger partial charge is 0.315 e. The molecular weight excluding hydrogens is 380 g/mol. The highest BCUT2D eigenvalue weighted by Gasteiger charge is 2.20. The van der Waals surface area contributed by atoms with Crippen LogP contribution in [-0.2, 0) is 11.3 Å². The minimum atomic E-state index is -0.105. The fourth-order valence-electron chi connectivity index (χ4n) is 3.90. The second-order valence-electron chi connectivity index (χ2n) is 8.28. The van der Waals surface area contributed by atoms with E-state index in [1.165, 1.54) is 5.57 Å². The maximum absolute atomic E-state index is 12.3. The summed E-state index contributed by atoms with van der Waals surface area (Å²) in [4.78, 5) is 17.0. The third-order valence-corrected chi connectivity index (χ3v) is 5.55. The van der Waals surface area contributed by atoms with Crippen LogP contribution in [0.1, 0.15) is 25.3 Å². The lowest BCUT2D eigenvalue weighted by atomic mass is 10.0. The van der Waals surface area contributed by atoms with Gasteiger partial charge >= 0.3 is 6.03 Å². The Balaban J connectivity index is 1.33. The highest BCUT2D eigenvalue weighted by atomic mass is 16.5. The van der Waals surface area contributed by atoms with Crippen molar-refractivity contribution in [3.05, 3.63) is 42.0 Å². The summed E-state index contributed by atoms with van der Waals surface area (Å²) >= 11 is 0. The van der Waals surface area contributed by atoms with Crippen LogP contribution in [0.2, 0.25) is 0 Å². The van der Waals surface area contributed by atoms with E-state index in [1.54, 1.807) is 0 Å². The Morgan fingerprint density at radius 3 is 2.70 bits per heavy atom. The van der Waals surface area contributed by atoms with Crippen molar-refractivity contribution < 1.29 is 14.3 Å². The Hall–Kier alpha value is -2.09. The molecule has 166 valence electrons. The molecule has 7 nitrogen and oxygen atoms in total. The molecule has 30 heavy (non-hydrogen) atoms. The summed E-state index contributed by atoms with van der Waals surface area (Å²) in [6.45, 7) is 14.6. The van der Waals surface area contributed by atoms with Gasteiger partial charge in [-0.25, -0.2) is 4.79 Å². The zero-order chi connectivity index (χ0) is 21.2. The molecule has 0 aliphatic carbocycles. The average Bonchev–Trinajstić information content (AvgIpc) is 2.74. The van der Waals surface area contributed by atoms with Crippen molar-refractivity contribution in [2.45, 2.75) is 32.4 Å². The maximum Gasteiger partial charge on any atom is 0.315 e. The fourth-order valence-corrected chi connectivity index (χ4v) is 3.90. The molecule has 2 heterocycles. The molecule has 2 saturated heterocycles. The van der Waals surface area contributed by atoms with E-state index in [2.05, 4.69) is 33.9 Å². The number of carbonyl (C=O) groups excluding carboxylic acids is 1. The van der Waals surface area contributed by atoms with Gasteiger partial charge in [-0.1, -0.05) is 24.3 Å². The molecule has 1 aromatic rings. The number of ether oxygens (including phenoxy) is 2. The van der Waals surface area contributed by atoms with Gasteiger partial charge in [0.15, 0.2) is 0 Å². The molecule has 0 saturated carbocycles. The molecule has 2 aliphatic rings. The normalized spacial score (nSPS) is 18.7. The van der Waals surface area contributed by atoms with Gasteiger partial charge in [0.1, 0.15) is 12.4 Å². The highest BCUT2D eigenvalue weighted by Crippen LogP contribution is 2.14. The van der Waals surface area contributed by atoms with E-state index in [1.807, 2.05) is 24.3 Å². The second-order valence-corrected chi connectivity index (χ2v) is 8.28. The van der Waals surface area contributed by atoms with E-state index in [9.17, 15) is 4.79 Å². The lowest BCUT2D eigenvalue weighted by Gasteiger charge is -2.32. The highest BCUT2D eigenvalue weighted by molar-refractivity contribution is 5.74. The van der Waals surface area contributed by atoms with Gasteiger partial charge in [0.2, 0.25) is 0 Å². The maximum atomic E-state index is 12.3. The number of rotatable bonds is 9. The van der Waals surface area contributed by atoms with Crippen LogP contribution in [0.5, 0.6) is 5.75 Å². The summed E-state index contributed by atoms with van der Waals surface area (Å²) in [7, 11) is 0. The van der Waals surface area contributed by atoms with Gasteiger partial charge in [0, 0.05) is 51.9 Å². The number of morpholine rings is 1. The number of nitrogens with one attached hydrogen (secondary N) is 2. The molecule has 2 aliphatic heterocycles. The van der Waals surface area contributed by atoms with E-state index in [0.29, 0.717) is 13.2 Å². The Bertz CT molecular complexity index is 683. The Labute approximate surface area is 180 Å². The summed E-state index contributed by atoms with van der Waals surface area (Å²) in [5.41, 5.74) is 2.22. The van der Waals surface area contributed by atoms with Gasteiger partial charge in [0.05, 0.1) is 13.2 Å². The lowest BCUT2D eigenvalue weighted by molar-refractivity contribution is 0.0322. The first kappa shape index (κ1) is 22.6. The van der Waals surface area contributed by atoms with Gasteiger partial charge < -0.3 is 20.1 Å². The van der Waals surface area contributed by atoms with E-state index in [-0.39, 0.29) is 12.1 Å². The van der Waals surface area contributed by atoms with Crippen LogP contribution < -0.4 is 15.4 Å². The molecule has 1 aromatic carbocycles. The molecule has 7 heteroatoms. The van der Waals surface area contributed by atoms with E-state index in [0.717, 1.165) is 76.6 Å². The first-order chi connectivity index (χ1) is 14.6. The number of benzene rings is 1. The van der Waals surface area contributed by atoms with Crippen molar-refractivity contribution in [3.63, 3.8) is 0 Å². The predicted molar refractivity (Wildman–Crippen MR) is 119 cm³/mol. The van der Waals surface area contributed by atoms with Crippen LogP contribution in [0.4, 0.5) is 4.79 Å². The van der Waals surface area contributed by atoms with Crippen molar-refractivity contribution in [2.24, 2.45) is 0 Å². The zero-order valence-corrected chi connectivity index (χ0v) is 18.2. The largest absolute Gasteiger partial charge is 0.492 e. The van der Waals surface area contributed by atoms with Crippen molar-refractivity contribution >= 4 is 6.03 Å². The summed E-state index contributed by atoms with van der Waals surface area (Å²) < 4.78 is 11.3. The third-order valence-electron chi connectivity index (χ3n) is 5.55. The van der Waals surface area contributed by atoms with Crippen LogP contribution in [0.25, 0.3) is 0 Å². The lowest BCUT2D eigenvalue weighted by Crippen LogP contribution is -2.47. The van der Waals surface area contributed by atoms with E-state index in [4.69, 9.17) is 9.47 Å². The molecule has 0 spiro atoms. The van der Waals surface area contributed by atoms with Crippen LogP contribution >= 0.6 is 0 Å². The molecular formula is C23H36N4O3. The van der Waals surface area contributed by atoms with Gasteiger partial charge in [-0.2, -0.15) is 0 Å². The van der Waals surface area contributed by atoms with E-state index >= 15 is 0 Å². The zero-order valence-electron chi connectivity index (χ0n) is 18.2. The number of amides is 2. The third kappa shape index (κ3) is 7.97. The van der Waals surface area contributed by atoms with Crippen LogP contribution in [0, 0.1) is 0 Å². The predicted octanol–water partition coefficient (Wildman–Crippen LogP) is 2.24. The molecule has 3 rings (SSSR count). The number of nitrogens with zero attached hydrogens (tertiary/aromatic N) is 2. The van der Waals surface area contributed by atoms with Gasteiger partial charge in [-0.15, -0.1) is 0 Å². The molecule has 2 N–H and O–H groups in total. The average molecular weight is 417 g/mol. The van der Waals surface area contributed by atoms with Gasteiger partial charge in [0.25, 0.3) is 0 Å². The Morgan fingerprint density at radius 1 is 1.20 bits per heavy atom.